The van der Waals surface area contributed by atoms with Gasteiger partial charge in [0, 0.05) is 6.54 Å². The van der Waals surface area contributed by atoms with Crippen molar-refractivity contribution < 1.29 is 37.4 Å². The SMILES string of the molecule is CC(C)(C)OC(=O)C1CCCN1C(=O)[C@@]1(C)[C@H](C(=O)O)N2C(=O)C[C@H]2S1(=O)=O. The number of fused-ring (bicyclic) bond motifs is 1. The Labute approximate surface area is 162 Å². The Morgan fingerprint density at radius 1 is 1.25 bits per heavy atom. The Balaban J connectivity index is 1.98. The fourth-order valence-electron chi connectivity index (χ4n) is 4.18. The number of carboxylic acid groups (broad SMARTS) is 1. The van der Waals surface area contributed by atoms with Crippen LogP contribution in [-0.2, 0) is 33.8 Å². The van der Waals surface area contributed by atoms with Crippen LogP contribution in [0.15, 0.2) is 0 Å². The summed E-state index contributed by atoms with van der Waals surface area (Å²) < 4.78 is 29.0. The molecule has 156 valence electrons. The normalized spacial score (nSPS) is 34.0. The first kappa shape index (κ1) is 20.6. The highest BCUT2D eigenvalue weighted by Gasteiger charge is 2.74. The number of amides is 2. The van der Waals surface area contributed by atoms with E-state index < -0.39 is 61.4 Å². The van der Waals surface area contributed by atoms with Gasteiger partial charge in [0.05, 0.1) is 6.42 Å². The standard InChI is InChI=1S/C17H24N2O8S/c1-16(2,3)27-14(23)9-6-5-7-18(9)15(24)17(4)12(13(21)22)19-10(20)8-11(19)28(17,25)26/h9,11-12H,5-8H2,1-4H3,(H,21,22)/t9?,11-,12+,17-/m1/s1. The average Bonchev–Trinajstić information content (AvgIpc) is 3.07. The predicted octanol–water partition coefficient (Wildman–Crippen LogP) is -0.482. The van der Waals surface area contributed by atoms with Gasteiger partial charge in [0.25, 0.3) is 0 Å². The zero-order valence-electron chi connectivity index (χ0n) is 16.2. The number of sulfone groups is 1. The van der Waals surface area contributed by atoms with Crippen molar-refractivity contribution >= 4 is 33.6 Å². The number of carbonyl (C=O) groups excluding carboxylic acids is 3. The number of rotatable bonds is 3. The lowest BCUT2D eigenvalue weighted by atomic mass is 9.94. The van der Waals surface area contributed by atoms with Gasteiger partial charge in [-0.05, 0) is 40.5 Å². The predicted molar refractivity (Wildman–Crippen MR) is 94.6 cm³/mol. The number of β-lactam (4-membered cyclic amide) rings is 1. The first-order valence-corrected chi connectivity index (χ1v) is 10.6. The molecule has 3 heterocycles. The molecule has 0 aliphatic carbocycles. The van der Waals surface area contributed by atoms with Crippen LogP contribution in [0, 0.1) is 0 Å². The van der Waals surface area contributed by atoms with Crippen LogP contribution < -0.4 is 0 Å². The second-order valence-electron chi connectivity index (χ2n) is 8.54. The summed E-state index contributed by atoms with van der Waals surface area (Å²) in [5.41, 5.74) is -0.793. The van der Waals surface area contributed by atoms with Crippen molar-refractivity contribution in [1.29, 1.82) is 0 Å². The van der Waals surface area contributed by atoms with Crippen molar-refractivity contribution in [1.82, 2.24) is 9.80 Å². The minimum atomic E-state index is -4.29. The minimum Gasteiger partial charge on any atom is -0.480 e. The number of nitrogens with zero attached hydrogens (tertiary/aromatic N) is 2. The maximum atomic E-state index is 13.3. The highest BCUT2D eigenvalue weighted by molar-refractivity contribution is 7.94. The Bertz CT molecular complexity index is 861. The Morgan fingerprint density at radius 3 is 2.36 bits per heavy atom. The van der Waals surface area contributed by atoms with Crippen LogP contribution in [0.1, 0.15) is 47.0 Å². The molecule has 11 heteroatoms. The molecule has 1 N–H and O–H groups in total. The molecule has 3 saturated heterocycles. The van der Waals surface area contributed by atoms with Crippen LogP contribution in [0.25, 0.3) is 0 Å². The van der Waals surface area contributed by atoms with Crippen molar-refractivity contribution in [2.24, 2.45) is 0 Å². The molecule has 0 aromatic rings. The third kappa shape index (κ3) is 2.70. The smallest absolute Gasteiger partial charge is 0.329 e. The second kappa shape index (κ2) is 6.16. The molecule has 3 rings (SSSR count). The van der Waals surface area contributed by atoms with Crippen LogP contribution in [0.3, 0.4) is 0 Å². The van der Waals surface area contributed by atoms with E-state index in [0.717, 1.165) is 16.7 Å². The fraction of sp³-hybridized carbons (Fsp3) is 0.765. The van der Waals surface area contributed by atoms with E-state index in [1.165, 1.54) is 0 Å². The van der Waals surface area contributed by atoms with Crippen LogP contribution in [-0.4, -0.2) is 81.4 Å². The molecular formula is C17H24N2O8S. The summed E-state index contributed by atoms with van der Waals surface area (Å²) in [6.07, 6.45) is 0.403. The van der Waals surface area contributed by atoms with E-state index in [0.29, 0.717) is 12.8 Å². The van der Waals surface area contributed by atoms with Crippen molar-refractivity contribution in [2.75, 3.05) is 6.54 Å². The first-order chi connectivity index (χ1) is 12.7. The van der Waals surface area contributed by atoms with Gasteiger partial charge < -0.3 is 19.6 Å². The lowest BCUT2D eigenvalue weighted by Gasteiger charge is -2.36. The third-order valence-corrected chi connectivity index (χ3v) is 8.24. The summed E-state index contributed by atoms with van der Waals surface area (Å²) in [6, 6.07) is -2.81. The first-order valence-electron chi connectivity index (χ1n) is 9.05. The zero-order valence-corrected chi connectivity index (χ0v) is 17.0. The largest absolute Gasteiger partial charge is 0.480 e. The Morgan fingerprint density at radius 2 is 1.86 bits per heavy atom. The van der Waals surface area contributed by atoms with Gasteiger partial charge in [0.2, 0.25) is 11.8 Å². The molecule has 0 saturated carbocycles. The molecule has 0 spiro atoms. The summed E-state index contributed by atoms with van der Waals surface area (Å²) in [5.74, 6) is -3.83. The van der Waals surface area contributed by atoms with Gasteiger partial charge in [-0.25, -0.2) is 18.0 Å². The number of esters is 1. The van der Waals surface area contributed by atoms with Crippen molar-refractivity contribution in [3.8, 4) is 0 Å². The van der Waals surface area contributed by atoms with Crippen molar-refractivity contribution in [3.05, 3.63) is 0 Å². The molecule has 3 aliphatic heterocycles. The number of carboxylic acids is 1. The van der Waals surface area contributed by atoms with E-state index in [4.69, 9.17) is 4.74 Å². The van der Waals surface area contributed by atoms with E-state index in [2.05, 4.69) is 0 Å². The molecule has 3 aliphatic rings. The maximum Gasteiger partial charge on any atom is 0.329 e. The lowest BCUT2D eigenvalue weighted by molar-refractivity contribution is -0.165. The highest BCUT2D eigenvalue weighted by atomic mass is 32.2. The van der Waals surface area contributed by atoms with Gasteiger partial charge in [0.1, 0.15) is 17.0 Å². The number of ether oxygens (including phenoxy) is 1. The topological polar surface area (TPSA) is 138 Å². The molecule has 0 aromatic carbocycles. The Kier molecular flexibility index (Phi) is 4.53. The molecule has 1 unspecified atom stereocenters. The minimum absolute atomic E-state index is 0.110. The molecule has 0 aromatic heterocycles. The van der Waals surface area contributed by atoms with Gasteiger partial charge >= 0.3 is 11.9 Å². The zero-order chi connectivity index (χ0) is 21.2. The number of carbonyl (C=O) groups is 4. The van der Waals surface area contributed by atoms with E-state index in [1.807, 2.05) is 0 Å². The Hall–Kier alpha value is -2.17. The number of likely N-dealkylation sites (tertiary alicyclic amines) is 1. The summed E-state index contributed by atoms with van der Waals surface area (Å²) in [5, 5.41) is 8.30. The average molecular weight is 416 g/mol. The molecule has 28 heavy (non-hydrogen) atoms. The summed E-state index contributed by atoms with van der Waals surface area (Å²) in [4.78, 5) is 51.4. The number of hydrogen-bond donors (Lipinski definition) is 1. The molecule has 0 bridgehead atoms. The monoisotopic (exact) mass is 416 g/mol. The molecular weight excluding hydrogens is 392 g/mol. The summed E-state index contributed by atoms with van der Waals surface area (Å²) in [6.45, 7) is 6.17. The quantitative estimate of drug-likeness (QED) is 0.481. The lowest BCUT2D eigenvalue weighted by Crippen LogP contribution is -2.62. The van der Waals surface area contributed by atoms with Gasteiger partial charge in [0.15, 0.2) is 20.6 Å². The van der Waals surface area contributed by atoms with Crippen LogP contribution in [0.5, 0.6) is 0 Å². The van der Waals surface area contributed by atoms with Crippen LogP contribution in [0.4, 0.5) is 0 Å². The van der Waals surface area contributed by atoms with Gasteiger partial charge in [-0.15, -0.1) is 0 Å². The van der Waals surface area contributed by atoms with E-state index in [-0.39, 0.29) is 13.0 Å². The second-order valence-corrected chi connectivity index (χ2v) is 11.0. The van der Waals surface area contributed by atoms with Gasteiger partial charge in [-0.1, -0.05) is 0 Å². The van der Waals surface area contributed by atoms with Crippen molar-refractivity contribution in [3.63, 3.8) is 0 Å². The maximum absolute atomic E-state index is 13.3. The summed E-state index contributed by atoms with van der Waals surface area (Å²) >= 11 is 0. The van der Waals surface area contributed by atoms with Crippen LogP contribution in [0.2, 0.25) is 0 Å². The highest BCUT2D eigenvalue weighted by Crippen LogP contribution is 2.47. The molecule has 4 atom stereocenters. The molecule has 10 nitrogen and oxygen atoms in total. The van der Waals surface area contributed by atoms with E-state index in [9.17, 15) is 32.7 Å². The van der Waals surface area contributed by atoms with Crippen LogP contribution >= 0.6 is 0 Å². The summed E-state index contributed by atoms with van der Waals surface area (Å²) in [7, 11) is -4.29. The van der Waals surface area contributed by atoms with E-state index in [1.54, 1.807) is 20.8 Å². The van der Waals surface area contributed by atoms with Gasteiger partial charge in [-0.3, -0.25) is 9.59 Å². The third-order valence-electron chi connectivity index (χ3n) is 5.55. The molecule has 3 fully saturated rings. The molecule has 2 amide bonds. The number of hydrogen-bond acceptors (Lipinski definition) is 7. The van der Waals surface area contributed by atoms with E-state index >= 15 is 0 Å². The van der Waals surface area contributed by atoms with Gasteiger partial charge in [-0.2, -0.15) is 0 Å². The number of aliphatic carboxylic acids is 1. The molecule has 0 radical (unpaired) electrons. The van der Waals surface area contributed by atoms with Crippen molar-refractivity contribution in [2.45, 2.75) is 74.8 Å². The fourth-order valence-corrected chi connectivity index (χ4v) is 6.53.